The summed E-state index contributed by atoms with van der Waals surface area (Å²) in [6, 6.07) is 10.8. The second kappa shape index (κ2) is 6.05. The van der Waals surface area contributed by atoms with Crippen molar-refractivity contribution >= 4 is 17.5 Å². The molecule has 1 aliphatic carbocycles. The van der Waals surface area contributed by atoms with Crippen LogP contribution in [0.4, 0.5) is 5.82 Å². The molecular weight excluding hydrogens is 316 g/mol. The maximum absolute atomic E-state index is 12.6. The summed E-state index contributed by atoms with van der Waals surface area (Å²) in [5.41, 5.74) is 3.38. The number of aryl methyl sites for hydroxylation is 1. The van der Waals surface area contributed by atoms with Crippen LogP contribution in [0, 0.1) is 6.92 Å². The fraction of sp³-hybridized carbons (Fsp3) is 0.211. The minimum absolute atomic E-state index is 0.107. The van der Waals surface area contributed by atoms with E-state index in [-0.39, 0.29) is 11.7 Å². The maximum atomic E-state index is 12.6. The number of carbonyl (C=O) groups excluding carboxylic acids is 2. The minimum atomic E-state index is -0.322. The Balaban J connectivity index is 1.49. The number of carbonyl (C=O) groups is 2. The molecule has 0 bridgehead atoms. The van der Waals surface area contributed by atoms with Crippen molar-refractivity contribution in [2.75, 3.05) is 5.32 Å². The lowest BCUT2D eigenvalue weighted by atomic mass is 10.0. The first kappa shape index (κ1) is 15.4. The summed E-state index contributed by atoms with van der Waals surface area (Å²) in [4.78, 5) is 27.8. The summed E-state index contributed by atoms with van der Waals surface area (Å²) in [5.74, 6) is 0.608. The van der Waals surface area contributed by atoms with Gasteiger partial charge in [-0.15, -0.1) is 0 Å². The van der Waals surface area contributed by atoms with Gasteiger partial charge >= 0.3 is 0 Å². The third-order valence-corrected chi connectivity index (χ3v) is 4.44. The summed E-state index contributed by atoms with van der Waals surface area (Å²) in [6.07, 6.45) is 3.89. The molecule has 0 unspecified atom stereocenters. The van der Waals surface area contributed by atoms with Gasteiger partial charge in [0.1, 0.15) is 5.69 Å². The average molecular weight is 334 g/mol. The fourth-order valence-electron chi connectivity index (χ4n) is 2.83. The van der Waals surface area contributed by atoms with E-state index in [0.717, 1.165) is 24.1 Å². The number of ketones is 1. The molecule has 25 heavy (non-hydrogen) atoms. The van der Waals surface area contributed by atoms with Gasteiger partial charge in [0.25, 0.3) is 5.91 Å². The molecule has 0 atom stereocenters. The molecule has 1 saturated carbocycles. The zero-order chi connectivity index (χ0) is 17.4. The van der Waals surface area contributed by atoms with E-state index >= 15 is 0 Å². The molecule has 1 aliphatic rings. The molecule has 0 radical (unpaired) electrons. The van der Waals surface area contributed by atoms with Crippen molar-refractivity contribution in [3.05, 3.63) is 70.7 Å². The topological polar surface area (TPSA) is 90.6 Å². The van der Waals surface area contributed by atoms with Gasteiger partial charge in [0.2, 0.25) is 0 Å². The monoisotopic (exact) mass is 334 g/mol. The Morgan fingerprint density at radius 3 is 2.76 bits per heavy atom. The molecule has 6 heteroatoms. The van der Waals surface area contributed by atoms with Gasteiger partial charge in [0.15, 0.2) is 11.6 Å². The second-order valence-corrected chi connectivity index (χ2v) is 6.38. The lowest BCUT2D eigenvalue weighted by molar-refractivity contribution is 0.102. The van der Waals surface area contributed by atoms with E-state index in [1.807, 2.05) is 31.2 Å². The lowest BCUT2D eigenvalue weighted by Gasteiger charge is -2.02. The van der Waals surface area contributed by atoms with Crippen LogP contribution in [0.5, 0.6) is 0 Å². The third-order valence-electron chi connectivity index (χ3n) is 4.44. The number of aromatic nitrogens is 3. The number of aromatic amines is 2. The zero-order valence-electron chi connectivity index (χ0n) is 13.8. The van der Waals surface area contributed by atoms with Gasteiger partial charge < -0.3 is 10.3 Å². The molecule has 1 fully saturated rings. The minimum Gasteiger partial charge on any atom is -0.356 e. The summed E-state index contributed by atoms with van der Waals surface area (Å²) in [5, 5.41) is 9.79. The number of nitrogens with one attached hydrogen (secondary N) is 3. The van der Waals surface area contributed by atoms with Crippen LogP contribution in [0.25, 0.3) is 0 Å². The molecule has 6 nitrogen and oxygen atoms in total. The van der Waals surface area contributed by atoms with E-state index in [9.17, 15) is 9.59 Å². The summed E-state index contributed by atoms with van der Waals surface area (Å²) in [6.45, 7) is 1.89. The highest BCUT2D eigenvalue weighted by Gasteiger charge is 2.26. The maximum Gasteiger partial charge on any atom is 0.273 e. The van der Waals surface area contributed by atoms with Gasteiger partial charge in [-0.05, 0) is 31.4 Å². The van der Waals surface area contributed by atoms with Crippen LogP contribution in [-0.4, -0.2) is 26.9 Å². The van der Waals surface area contributed by atoms with E-state index in [4.69, 9.17) is 0 Å². The highest BCUT2D eigenvalue weighted by atomic mass is 16.2. The van der Waals surface area contributed by atoms with Crippen LogP contribution in [0.15, 0.2) is 42.6 Å². The van der Waals surface area contributed by atoms with Gasteiger partial charge in [-0.2, -0.15) is 5.10 Å². The molecule has 0 spiro atoms. The van der Waals surface area contributed by atoms with Gasteiger partial charge in [-0.25, -0.2) is 0 Å². The molecule has 4 rings (SSSR count). The molecular formula is C19H18N4O2. The molecule has 1 aromatic carbocycles. The Kier molecular flexibility index (Phi) is 3.72. The van der Waals surface area contributed by atoms with Crippen molar-refractivity contribution in [1.29, 1.82) is 0 Å². The summed E-state index contributed by atoms with van der Waals surface area (Å²) in [7, 11) is 0. The van der Waals surface area contributed by atoms with Crippen LogP contribution in [0.2, 0.25) is 0 Å². The van der Waals surface area contributed by atoms with Gasteiger partial charge in [-0.1, -0.05) is 24.3 Å². The summed E-state index contributed by atoms with van der Waals surface area (Å²) < 4.78 is 0. The molecule has 0 aliphatic heterocycles. The zero-order valence-corrected chi connectivity index (χ0v) is 13.8. The van der Waals surface area contributed by atoms with Crippen LogP contribution >= 0.6 is 0 Å². The number of hydrogen-bond acceptors (Lipinski definition) is 3. The van der Waals surface area contributed by atoms with Gasteiger partial charge in [0.05, 0.1) is 0 Å². The Labute approximate surface area is 144 Å². The first-order valence-corrected chi connectivity index (χ1v) is 8.27. The Hall–Kier alpha value is -3.15. The number of rotatable bonds is 5. The smallest absolute Gasteiger partial charge is 0.273 e. The van der Waals surface area contributed by atoms with E-state index in [1.54, 1.807) is 18.3 Å². The van der Waals surface area contributed by atoms with Crippen LogP contribution in [0.1, 0.15) is 56.4 Å². The van der Waals surface area contributed by atoms with E-state index in [1.165, 1.54) is 0 Å². The first-order chi connectivity index (χ1) is 12.1. The fourth-order valence-corrected chi connectivity index (χ4v) is 2.83. The molecule has 2 aromatic heterocycles. The van der Waals surface area contributed by atoms with E-state index in [2.05, 4.69) is 20.5 Å². The van der Waals surface area contributed by atoms with Crippen LogP contribution < -0.4 is 5.32 Å². The average Bonchev–Trinajstić information content (AvgIpc) is 3.15. The van der Waals surface area contributed by atoms with Crippen molar-refractivity contribution < 1.29 is 9.59 Å². The van der Waals surface area contributed by atoms with Crippen molar-refractivity contribution in [1.82, 2.24) is 15.2 Å². The third kappa shape index (κ3) is 3.10. The van der Waals surface area contributed by atoms with Crippen molar-refractivity contribution in [2.24, 2.45) is 0 Å². The largest absolute Gasteiger partial charge is 0.356 e. The highest BCUT2D eigenvalue weighted by molar-refractivity contribution is 6.11. The number of H-pyrrole nitrogens is 2. The predicted octanol–water partition coefficient (Wildman–Crippen LogP) is 3.41. The SMILES string of the molecule is Cc1ccccc1C(=O)c1c[nH]c(C(=O)Nc2cc(C3CC3)[nH]n2)c1. The molecule has 0 saturated heterocycles. The van der Waals surface area contributed by atoms with Gasteiger partial charge in [0, 0.05) is 35.0 Å². The standard InChI is InChI=1S/C19H18N4O2/c1-11-4-2-3-5-14(11)18(24)13-8-16(20-10-13)19(25)21-17-9-15(22-23-17)12-6-7-12/h2-5,8-10,12,20H,6-7H2,1H3,(H2,21,22,23,25). The van der Waals surface area contributed by atoms with E-state index in [0.29, 0.717) is 28.6 Å². The number of benzene rings is 1. The number of nitrogens with zero attached hydrogens (tertiary/aromatic N) is 1. The molecule has 126 valence electrons. The lowest BCUT2D eigenvalue weighted by Crippen LogP contribution is -2.12. The molecule has 1 amide bonds. The Morgan fingerprint density at radius 1 is 1.20 bits per heavy atom. The van der Waals surface area contributed by atoms with Crippen molar-refractivity contribution in [3.63, 3.8) is 0 Å². The first-order valence-electron chi connectivity index (χ1n) is 8.27. The number of anilines is 1. The van der Waals surface area contributed by atoms with Crippen LogP contribution in [-0.2, 0) is 0 Å². The van der Waals surface area contributed by atoms with Crippen molar-refractivity contribution in [2.45, 2.75) is 25.7 Å². The van der Waals surface area contributed by atoms with Crippen LogP contribution in [0.3, 0.4) is 0 Å². The quantitative estimate of drug-likeness (QED) is 0.625. The number of hydrogen-bond donors (Lipinski definition) is 3. The summed E-state index contributed by atoms with van der Waals surface area (Å²) >= 11 is 0. The molecule has 3 N–H and O–H groups in total. The Morgan fingerprint density at radius 2 is 2.00 bits per heavy atom. The molecule has 3 aromatic rings. The Bertz CT molecular complexity index is 950. The molecule has 2 heterocycles. The normalized spacial score (nSPS) is 13.6. The second-order valence-electron chi connectivity index (χ2n) is 6.38. The highest BCUT2D eigenvalue weighted by Crippen LogP contribution is 2.39. The predicted molar refractivity (Wildman–Crippen MR) is 93.9 cm³/mol. The number of amides is 1. The van der Waals surface area contributed by atoms with Gasteiger partial charge in [-0.3, -0.25) is 14.7 Å². The van der Waals surface area contributed by atoms with E-state index < -0.39 is 0 Å². The van der Waals surface area contributed by atoms with Crippen molar-refractivity contribution in [3.8, 4) is 0 Å².